The van der Waals surface area contributed by atoms with Crippen LogP contribution in [0.5, 0.6) is 11.5 Å². The van der Waals surface area contributed by atoms with Crippen LogP contribution in [0.15, 0.2) is 48.5 Å². The van der Waals surface area contributed by atoms with E-state index in [0.29, 0.717) is 18.0 Å². The van der Waals surface area contributed by atoms with Crippen LogP contribution in [0.25, 0.3) is 0 Å². The molecule has 5 nitrogen and oxygen atoms in total. The molecule has 0 heterocycles. The Balaban J connectivity index is 1.96. The van der Waals surface area contributed by atoms with Gasteiger partial charge in [0.05, 0.1) is 14.2 Å². The number of hydrogen-bond donors (Lipinski definition) is 1. The van der Waals surface area contributed by atoms with E-state index in [0.717, 1.165) is 11.3 Å². The first-order chi connectivity index (χ1) is 10.6. The second-order valence-corrected chi connectivity index (χ2v) is 4.87. The molecule has 0 unspecified atom stereocenters. The molecule has 0 spiro atoms. The van der Waals surface area contributed by atoms with Gasteiger partial charge in [-0.25, -0.2) is 4.79 Å². The summed E-state index contributed by atoms with van der Waals surface area (Å²) < 4.78 is 10.3. The summed E-state index contributed by atoms with van der Waals surface area (Å²) >= 11 is 0. The summed E-state index contributed by atoms with van der Waals surface area (Å²) in [6.45, 7) is 0.514. The Hall–Kier alpha value is -2.69. The van der Waals surface area contributed by atoms with Gasteiger partial charge in [-0.1, -0.05) is 18.2 Å². The summed E-state index contributed by atoms with van der Waals surface area (Å²) in [5, 5.41) is 2.84. The van der Waals surface area contributed by atoms with Gasteiger partial charge in [-0.05, 0) is 29.8 Å². The van der Waals surface area contributed by atoms with Gasteiger partial charge < -0.3 is 19.7 Å². The smallest absolute Gasteiger partial charge is 0.321 e. The average Bonchev–Trinajstić information content (AvgIpc) is 2.55. The summed E-state index contributed by atoms with van der Waals surface area (Å²) in [6.07, 6.45) is 0. The fourth-order valence-corrected chi connectivity index (χ4v) is 2.00. The van der Waals surface area contributed by atoms with Crippen molar-refractivity contribution < 1.29 is 14.3 Å². The topological polar surface area (TPSA) is 50.8 Å². The highest BCUT2D eigenvalue weighted by Crippen LogP contribution is 2.17. The van der Waals surface area contributed by atoms with E-state index in [1.165, 1.54) is 0 Å². The number of ether oxygens (including phenoxy) is 2. The highest BCUT2D eigenvalue weighted by atomic mass is 16.5. The summed E-state index contributed by atoms with van der Waals surface area (Å²) in [4.78, 5) is 13.8. The van der Waals surface area contributed by atoms with Crippen molar-refractivity contribution in [2.45, 2.75) is 6.54 Å². The number of anilines is 1. The van der Waals surface area contributed by atoms with Crippen LogP contribution in [0.2, 0.25) is 0 Å². The van der Waals surface area contributed by atoms with Crippen LogP contribution in [0.4, 0.5) is 10.5 Å². The molecule has 0 aliphatic rings. The molecule has 0 aromatic heterocycles. The molecule has 0 atom stereocenters. The number of rotatable bonds is 5. The van der Waals surface area contributed by atoms with Crippen molar-refractivity contribution in [2.24, 2.45) is 0 Å². The van der Waals surface area contributed by atoms with E-state index in [9.17, 15) is 4.79 Å². The zero-order valence-corrected chi connectivity index (χ0v) is 13.0. The van der Waals surface area contributed by atoms with Gasteiger partial charge in [-0.2, -0.15) is 0 Å². The minimum absolute atomic E-state index is 0.177. The number of benzene rings is 2. The van der Waals surface area contributed by atoms with Crippen molar-refractivity contribution in [1.82, 2.24) is 4.90 Å². The zero-order valence-electron chi connectivity index (χ0n) is 13.0. The standard InChI is InChI=1S/C17H20N2O3/c1-19(12-13-7-9-15(21-2)10-8-13)17(20)18-14-5-4-6-16(11-14)22-3/h4-11H,12H2,1-3H3,(H,18,20). The average molecular weight is 300 g/mol. The van der Waals surface area contributed by atoms with Crippen LogP contribution in [0.1, 0.15) is 5.56 Å². The Kier molecular flexibility index (Phi) is 5.25. The van der Waals surface area contributed by atoms with Gasteiger partial charge in [0, 0.05) is 25.3 Å². The molecule has 0 aliphatic heterocycles. The molecule has 116 valence electrons. The van der Waals surface area contributed by atoms with Crippen molar-refractivity contribution in [3.05, 3.63) is 54.1 Å². The summed E-state index contributed by atoms with van der Waals surface area (Å²) in [6, 6.07) is 14.7. The van der Waals surface area contributed by atoms with E-state index in [-0.39, 0.29) is 6.03 Å². The number of amides is 2. The fraction of sp³-hybridized carbons (Fsp3) is 0.235. The third-order valence-electron chi connectivity index (χ3n) is 3.25. The van der Waals surface area contributed by atoms with Gasteiger partial charge in [-0.15, -0.1) is 0 Å². The van der Waals surface area contributed by atoms with E-state index in [1.54, 1.807) is 32.2 Å². The number of urea groups is 1. The molecule has 22 heavy (non-hydrogen) atoms. The number of hydrogen-bond acceptors (Lipinski definition) is 3. The first-order valence-electron chi connectivity index (χ1n) is 6.91. The second-order valence-electron chi connectivity index (χ2n) is 4.87. The van der Waals surface area contributed by atoms with Crippen LogP contribution in [0, 0.1) is 0 Å². The van der Waals surface area contributed by atoms with Crippen molar-refractivity contribution in [3.8, 4) is 11.5 Å². The Bertz CT molecular complexity index is 626. The molecule has 0 saturated carbocycles. The van der Waals surface area contributed by atoms with Crippen LogP contribution in [-0.4, -0.2) is 32.2 Å². The van der Waals surface area contributed by atoms with Gasteiger partial charge in [0.1, 0.15) is 11.5 Å². The Morgan fingerprint density at radius 3 is 2.36 bits per heavy atom. The summed E-state index contributed by atoms with van der Waals surface area (Å²) in [7, 11) is 4.97. The monoisotopic (exact) mass is 300 g/mol. The van der Waals surface area contributed by atoms with E-state index in [2.05, 4.69) is 5.32 Å². The molecule has 5 heteroatoms. The largest absolute Gasteiger partial charge is 0.497 e. The molecule has 2 aromatic carbocycles. The molecule has 0 bridgehead atoms. The first kappa shape index (κ1) is 15.7. The molecule has 2 amide bonds. The lowest BCUT2D eigenvalue weighted by molar-refractivity contribution is 0.220. The fourth-order valence-electron chi connectivity index (χ4n) is 2.00. The predicted molar refractivity (Wildman–Crippen MR) is 86.5 cm³/mol. The lowest BCUT2D eigenvalue weighted by atomic mass is 10.2. The van der Waals surface area contributed by atoms with Gasteiger partial charge in [0.2, 0.25) is 0 Å². The van der Waals surface area contributed by atoms with Crippen molar-refractivity contribution in [1.29, 1.82) is 0 Å². The maximum Gasteiger partial charge on any atom is 0.321 e. The number of nitrogens with one attached hydrogen (secondary N) is 1. The van der Waals surface area contributed by atoms with Crippen molar-refractivity contribution >= 4 is 11.7 Å². The Labute approximate surface area is 130 Å². The molecular formula is C17H20N2O3. The lowest BCUT2D eigenvalue weighted by Crippen LogP contribution is -2.30. The molecule has 2 rings (SSSR count). The molecule has 0 aliphatic carbocycles. The summed E-state index contributed by atoms with van der Waals surface area (Å²) in [5.74, 6) is 1.50. The van der Waals surface area contributed by atoms with Crippen LogP contribution < -0.4 is 14.8 Å². The molecule has 0 radical (unpaired) electrons. The maximum atomic E-state index is 12.2. The lowest BCUT2D eigenvalue weighted by Gasteiger charge is -2.18. The van der Waals surface area contributed by atoms with Crippen LogP contribution in [-0.2, 0) is 6.54 Å². The van der Waals surface area contributed by atoms with E-state index < -0.39 is 0 Å². The molecule has 1 N–H and O–H groups in total. The minimum Gasteiger partial charge on any atom is -0.497 e. The first-order valence-corrected chi connectivity index (χ1v) is 6.91. The van der Waals surface area contributed by atoms with E-state index >= 15 is 0 Å². The van der Waals surface area contributed by atoms with Gasteiger partial charge in [-0.3, -0.25) is 0 Å². The van der Waals surface area contributed by atoms with Crippen molar-refractivity contribution in [3.63, 3.8) is 0 Å². The highest BCUT2D eigenvalue weighted by molar-refractivity contribution is 5.89. The van der Waals surface area contributed by atoms with E-state index in [1.807, 2.05) is 42.5 Å². The second kappa shape index (κ2) is 7.36. The zero-order chi connectivity index (χ0) is 15.9. The SMILES string of the molecule is COc1ccc(CN(C)C(=O)Nc2cccc(OC)c2)cc1. The summed E-state index contributed by atoms with van der Waals surface area (Å²) in [5.41, 5.74) is 1.73. The van der Waals surface area contributed by atoms with Gasteiger partial charge in [0.15, 0.2) is 0 Å². The van der Waals surface area contributed by atoms with Gasteiger partial charge >= 0.3 is 6.03 Å². The maximum absolute atomic E-state index is 12.2. The molecule has 2 aromatic rings. The highest BCUT2D eigenvalue weighted by Gasteiger charge is 2.10. The normalized spacial score (nSPS) is 9.95. The number of carbonyl (C=O) groups is 1. The van der Waals surface area contributed by atoms with Crippen molar-refractivity contribution in [2.75, 3.05) is 26.6 Å². The molecule has 0 saturated heterocycles. The Morgan fingerprint density at radius 1 is 1.05 bits per heavy atom. The minimum atomic E-state index is -0.177. The Morgan fingerprint density at radius 2 is 1.73 bits per heavy atom. The third kappa shape index (κ3) is 4.15. The van der Waals surface area contributed by atoms with Crippen LogP contribution >= 0.6 is 0 Å². The number of carbonyl (C=O) groups excluding carboxylic acids is 1. The molecule has 0 fully saturated rings. The number of methoxy groups -OCH3 is 2. The van der Waals surface area contributed by atoms with Gasteiger partial charge in [0.25, 0.3) is 0 Å². The predicted octanol–water partition coefficient (Wildman–Crippen LogP) is 3.37. The molecular weight excluding hydrogens is 280 g/mol. The quantitative estimate of drug-likeness (QED) is 0.921. The third-order valence-corrected chi connectivity index (χ3v) is 3.25. The van der Waals surface area contributed by atoms with Crippen LogP contribution in [0.3, 0.4) is 0 Å². The number of nitrogens with zero attached hydrogens (tertiary/aromatic N) is 1. The van der Waals surface area contributed by atoms with E-state index in [4.69, 9.17) is 9.47 Å².